The second-order valence-electron chi connectivity index (χ2n) is 5.91. The number of benzene rings is 1. The van der Waals surface area contributed by atoms with Gasteiger partial charge in [0.15, 0.2) is 11.5 Å². The normalized spacial score (nSPS) is 13.7. The van der Waals surface area contributed by atoms with Crippen LogP contribution in [0.25, 0.3) is 0 Å². The van der Waals surface area contributed by atoms with E-state index in [9.17, 15) is 19.5 Å². The monoisotopic (exact) mass is 374 g/mol. The third-order valence-corrected chi connectivity index (χ3v) is 4.23. The lowest BCUT2D eigenvalue weighted by Crippen LogP contribution is -2.24. The first-order valence-corrected chi connectivity index (χ1v) is 8.13. The third-order valence-electron chi connectivity index (χ3n) is 4.23. The zero-order chi connectivity index (χ0) is 19.6. The number of aromatic nitrogens is 1. The maximum Gasteiger partial charge on any atom is 0.343 e. The van der Waals surface area contributed by atoms with Gasteiger partial charge in [-0.25, -0.2) is 4.79 Å². The average molecular weight is 374 g/mol. The minimum absolute atomic E-state index is 0.159. The van der Waals surface area contributed by atoms with E-state index >= 15 is 0 Å². The van der Waals surface area contributed by atoms with E-state index in [1.165, 1.54) is 0 Å². The maximum absolute atomic E-state index is 12.4. The molecule has 0 saturated carbocycles. The predicted molar refractivity (Wildman–Crippen MR) is 93.2 cm³/mol. The third kappa shape index (κ3) is 3.57. The van der Waals surface area contributed by atoms with E-state index in [1.54, 1.807) is 18.2 Å². The lowest BCUT2D eigenvalue weighted by atomic mass is 9.87. The van der Waals surface area contributed by atoms with E-state index in [0.29, 0.717) is 30.3 Å². The number of amides is 1. The molecule has 3 rings (SSSR count). The summed E-state index contributed by atoms with van der Waals surface area (Å²) in [7, 11) is 1.15. The summed E-state index contributed by atoms with van der Waals surface area (Å²) in [4.78, 5) is 38.3. The first kappa shape index (κ1) is 18.3. The summed E-state index contributed by atoms with van der Waals surface area (Å²) in [6.45, 7) is 0.777. The van der Waals surface area contributed by atoms with Crippen molar-refractivity contribution in [2.24, 2.45) is 5.73 Å². The number of nitrogens with two attached hydrogens (primary N) is 1. The van der Waals surface area contributed by atoms with Crippen LogP contribution < -0.4 is 20.8 Å². The summed E-state index contributed by atoms with van der Waals surface area (Å²) >= 11 is 0. The predicted octanol–water partition coefficient (Wildman–Crippen LogP) is 0.646. The number of fused-ring (bicyclic) bond motifs is 1. The van der Waals surface area contributed by atoms with Gasteiger partial charge in [0.2, 0.25) is 5.91 Å². The number of hydrogen-bond acceptors (Lipinski definition) is 7. The number of aromatic amines is 1. The number of nitrogens with one attached hydrogen (secondary N) is 1. The first-order valence-electron chi connectivity index (χ1n) is 8.13. The standard InChI is InChI=1S/C18H18N2O7/c1-25-18(24)11-8-20-17(23)15(16(11)22)10(7-14(19)21)9-2-3-12-13(6-9)27-5-4-26-12/h2-3,6,8,10H,4-5,7H2,1H3,(H2,19,21)(H2,20,22,23)/t10-/m0/s1. The van der Waals surface area contributed by atoms with Gasteiger partial charge in [0.25, 0.3) is 5.56 Å². The van der Waals surface area contributed by atoms with Crippen LogP contribution in [0.2, 0.25) is 0 Å². The zero-order valence-corrected chi connectivity index (χ0v) is 14.5. The molecule has 0 unspecified atom stereocenters. The highest BCUT2D eigenvalue weighted by Gasteiger charge is 2.28. The summed E-state index contributed by atoms with van der Waals surface area (Å²) in [5, 5.41) is 10.5. The number of ether oxygens (including phenoxy) is 3. The van der Waals surface area contributed by atoms with E-state index in [1.807, 2.05) is 0 Å². The Balaban J connectivity index is 2.15. The fourth-order valence-corrected chi connectivity index (χ4v) is 2.99. The molecule has 142 valence electrons. The Hall–Kier alpha value is -3.49. The van der Waals surface area contributed by atoms with Gasteiger partial charge >= 0.3 is 5.97 Å². The van der Waals surface area contributed by atoms with Crippen LogP contribution in [0.5, 0.6) is 17.2 Å². The summed E-state index contributed by atoms with van der Waals surface area (Å²) in [6, 6.07) is 4.91. The van der Waals surface area contributed by atoms with Gasteiger partial charge in [0.05, 0.1) is 12.7 Å². The molecule has 1 aliphatic heterocycles. The molecule has 4 N–H and O–H groups in total. The van der Waals surface area contributed by atoms with Gasteiger partial charge in [-0.05, 0) is 17.7 Å². The lowest BCUT2D eigenvalue weighted by molar-refractivity contribution is -0.118. The Morgan fingerprint density at radius 2 is 2.00 bits per heavy atom. The molecule has 1 atom stereocenters. The van der Waals surface area contributed by atoms with Gasteiger partial charge in [-0.15, -0.1) is 0 Å². The second-order valence-corrected chi connectivity index (χ2v) is 5.91. The topological polar surface area (TPSA) is 141 Å². The van der Waals surface area contributed by atoms with Gasteiger partial charge in [-0.2, -0.15) is 0 Å². The van der Waals surface area contributed by atoms with Crippen LogP contribution in [0, 0.1) is 0 Å². The molecule has 0 saturated heterocycles. The van der Waals surface area contributed by atoms with Crippen molar-refractivity contribution in [1.29, 1.82) is 0 Å². The smallest absolute Gasteiger partial charge is 0.343 e. The molecule has 0 fully saturated rings. The van der Waals surface area contributed by atoms with Crippen LogP contribution in [0.15, 0.2) is 29.2 Å². The van der Waals surface area contributed by atoms with E-state index in [2.05, 4.69) is 9.72 Å². The number of methoxy groups -OCH3 is 1. The Labute approximate surface area is 153 Å². The van der Waals surface area contributed by atoms with Crippen molar-refractivity contribution < 1.29 is 28.9 Å². The van der Waals surface area contributed by atoms with Gasteiger partial charge in [0, 0.05) is 18.5 Å². The van der Waals surface area contributed by atoms with Crippen molar-refractivity contribution in [3.05, 3.63) is 51.4 Å². The maximum atomic E-state index is 12.4. The van der Waals surface area contributed by atoms with Crippen LogP contribution in [0.3, 0.4) is 0 Å². The molecule has 0 radical (unpaired) electrons. The van der Waals surface area contributed by atoms with Crippen LogP contribution in [0.4, 0.5) is 0 Å². The summed E-state index contributed by atoms with van der Waals surface area (Å²) < 4.78 is 15.6. The van der Waals surface area contributed by atoms with Crippen molar-refractivity contribution in [2.45, 2.75) is 12.3 Å². The van der Waals surface area contributed by atoms with Crippen molar-refractivity contribution >= 4 is 11.9 Å². The molecule has 1 amide bonds. The number of pyridine rings is 1. The lowest BCUT2D eigenvalue weighted by Gasteiger charge is -2.22. The number of carbonyl (C=O) groups is 2. The SMILES string of the molecule is COC(=O)c1c[nH]c(=O)c([C@@H](CC(N)=O)c2ccc3c(c2)OCCO3)c1O. The molecular weight excluding hydrogens is 356 g/mol. The average Bonchev–Trinajstić information content (AvgIpc) is 2.66. The molecule has 2 aromatic rings. The Morgan fingerprint density at radius 3 is 2.67 bits per heavy atom. The summed E-state index contributed by atoms with van der Waals surface area (Å²) in [5.41, 5.74) is 4.82. The molecule has 0 spiro atoms. The Bertz CT molecular complexity index is 951. The van der Waals surface area contributed by atoms with Crippen LogP contribution in [-0.2, 0) is 9.53 Å². The largest absolute Gasteiger partial charge is 0.506 e. The molecule has 0 aliphatic carbocycles. The van der Waals surface area contributed by atoms with E-state index in [-0.39, 0.29) is 17.5 Å². The van der Waals surface area contributed by atoms with Crippen molar-refractivity contribution in [3.63, 3.8) is 0 Å². The van der Waals surface area contributed by atoms with Gasteiger partial charge < -0.3 is 30.0 Å². The molecule has 27 heavy (non-hydrogen) atoms. The van der Waals surface area contributed by atoms with Crippen molar-refractivity contribution in [3.8, 4) is 17.2 Å². The molecule has 0 bridgehead atoms. The van der Waals surface area contributed by atoms with E-state index in [0.717, 1.165) is 13.3 Å². The molecule has 1 aromatic heterocycles. The van der Waals surface area contributed by atoms with Gasteiger partial charge in [-0.3, -0.25) is 9.59 Å². The fourth-order valence-electron chi connectivity index (χ4n) is 2.99. The number of primary amides is 1. The number of rotatable bonds is 5. The molecule has 2 heterocycles. The summed E-state index contributed by atoms with van der Waals surface area (Å²) in [6.07, 6.45) is 0.791. The molecule has 9 heteroatoms. The van der Waals surface area contributed by atoms with Crippen LogP contribution in [-0.4, -0.2) is 42.3 Å². The highest BCUT2D eigenvalue weighted by atomic mass is 16.6. The number of carbonyl (C=O) groups excluding carboxylic acids is 2. The minimum Gasteiger partial charge on any atom is -0.506 e. The van der Waals surface area contributed by atoms with Crippen LogP contribution >= 0.6 is 0 Å². The Kier molecular flexibility index (Phi) is 5.02. The molecular formula is C18H18N2O7. The minimum atomic E-state index is -0.897. The zero-order valence-electron chi connectivity index (χ0n) is 14.5. The Morgan fingerprint density at radius 1 is 1.30 bits per heavy atom. The second kappa shape index (κ2) is 7.40. The van der Waals surface area contributed by atoms with Crippen molar-refractivity contribution in [2.75, 3.05) is 20.3 Å². The molecule has 9 nitrogen and oxygen atoms in total. The van der Waals surface area contributed by atoms with Gasteiger partial charge in [-0.1, -0.05) is 6.07 Å². The highest BCUT2D eigenvalue weighted by Crippen LogP contribution is 2.38. The van der Waals surface area contributed by atoms with Crippen molar-refractivity contribution in [1.82, 2.24) is 4.98 Å². The van der Waals surface area contributed by atoms with Crippen LogP contribution in [0.1, 0.15) is 33.8 Å². The fraction of sp³-hybridized carbons (Fsp3) is 0.278. The summed E-state index contributed by atoms with van der Waals surface area (Å²) in [5.74, 6) is -1.99. The number of aromatic hydroxyl groups is 1. The highest BCUT2D eigenvalue weighted by molar-refractivity contribution is 5.92. The first-order chi connectivity index (χ1) is 12.9. The van der Waals surface area contributed by atoms with E-state index < -0.39 is 29.1 Å². The molecule has 1 aliphatic rings. The number of esters is 1. The van der Waals surface area contributed by atoms with Gasteiger partial charge in [0.1, 0.15) is 24.5 Å². The van der Waals surface area contributed by atoms with E-state index in [4.69, 9.17) is 15.2 Å². The quantitative estimate of drug-likeness (QED) is 0.652. The number of H-pyrrole nitrogens is 1. The molecule has 1 aromatic carbocycles. The number of hydrogen-bond donors (Lipinski definition) is 3.